The van der Waals surface area contributed by atoms with E-state index in [0.717, 1.165) is 25.2 Å². The highest BCUT2D eigenvalue weighted by molar-refractivity contribution is 6.29. The van der Waals surface area contributed by atoms with Gasteiger partial charge in [0.2, 0.25) is 0 Å². The minimum Gasteiger partial charge on any atom is -0.369 e. The number of rotatable bonds is 2. The van der Waals surface area contributed by atoms with Gasteiger partial charge in [-0.15, -0.1) is 0 Å². The second-order valence-electron chi connectivity index (χ2n) is 5.23. The van der Waals surface area contributed by atoms with Gasteiger partial charge in [-0.3, -0.25) is 9.88 Å². The summed E-state index contributed by atoms with van der Waals surface area (Å²) in [7, 11) is 0. The van der Waals surface area contributed by atoms with Crippen molar-refractivity contribution in [3.8, 4) is 0 Å². The van der Waals surface area contributed by atoms with Crippen LogP contribution in [0.25, 0.3) is 0 Å². The van der Waals surface area contributed by atoms with Gasteiger partial charge in [0.1, 0.15) is 5.15 Å². The molecule has 7 heteroatoms. The third-order valence-electron chi connectivity index (χ3n) is 3.77. The summed E-state index contributed by atoms with van der Waals surface area (Å²) < 4.78 is 0. The van der Waals surface area contributed by atoms with Crippen LogP contribution in [0.15, 0.2) is 36.7 Å². The molecule has 6 nitrogen and oxygen atoms in total. The van der Waals surface area contributed by atoms with Crippen molar-refractivity contribution >= 4 is 34.8 Å². The van der Waals surface area contributed by atoms with Crippen LogP contribution in [0.5, 0.6) is 0 Å². The summed E-state index contributed by atoms with van der Waals surface area (Å²) in [6, 6.07) is 7.02. The lowest BCUT2D eigenvalue weighted by molar-refractivity contribution is 0.257. The van der Waals surface area contributed by atoms with E-state index in [9.17, 15) is 4.79 Å². The number of carbonyl (C=O) groups is 1. The number of amides is 2. The van der Waals surface area contributed by atoms with Crippen molar-refractivity contribution < 1.29 is 4.79 Å². The topological polar surface area (TPSA) is 61.4 Å². The van der Waals surface area contributed by atoms with Crippen molar-refractivity contribution in [2.45, 2.75) is 13.3 Å². The van der Waals surface area contributed by atoms with E-state index in [1.54, 1.807) is 35.5 Å². The van der Waals surface area contributed by atoms with Gasteiger partial charge >= 0.3 is 6.03 Å². The average Bonchev–Trinajstić information content (AvgIpc) is 2.74. The van der Waals surface area contributed by atoms with Crippen LogP contribution in [0.2, 0.25) is 5.15 Å². The van der Waals surface area contributed by atoms with Crippen molar-refractivity contribution in [3.63, 3.8) is 0 Å². The summed E-state index contributed by atoms with van der Waals surface area (Å²) in [5, 5.41) is 3.23. The standard InChI is InChI=1S/C16H18ClN5O/c1-2-21-9-4-10-22(15-13(21)6-7-14(17)20-15)16(23)19-12-5-3-8-18-11-12/h3,5-8,11H,2,4,9-10H2,1H3,(H,19,23). The first-order valence-corrected chi connectivity index (χ1v) is 7.97. The summed E-state index contributed by atoms with van der Waals surface area (Å²) in [4.78, 5) is 24.9. The molecule has 1 N–H and O–H groups in total. The second-order valence-corrected chi connectivity index (χ2v) is 5.62. The Bertz CT molecular complexity index is 694. The fourth-order valence-corrected chi connectivity index (χ4v) is 2.81. The predicted molar refractivity (Wildman–Crippen MR) is 92.4 cm³/mol. The SMILES string of the molecule is CCN1CCCN(C(=O)Nc2cccnc2)c2nc(Cl)ccc21. The number of nitrogens with zero attached hydrogens (tertiary/aromatic N) is 4. The zero-order valence-electron chi connectivity index (χ0n) is 12.9. The van der Waals surface area contributed by atoms with Crippen molar-refractivity contribution in [2.75, 3.05) is 34.8 Å². The molecular formula is C16H18ClN5O. The molecule has 3 rings (SSSR count). The van der Waals surface area contributed by atoms with E-state index in [4.69, 9.17) is 11.6 Å². The Morgan fingerprint density at radius 1 is 1.35 bits per heavy atom. The predicted octanol–water partition coefficient (Wildman–Crippen LogP) is 3.40. The van der Waals surface area contributed by atoms with Crippen molar-refractivity contribution in [1.29, 1.82) is 0 Å². The Kier molecular flexibility index (Phi) is 4.62. The molecule has 2 amide bonds. The molecule has 0 atom stereocenters. The molecule has 2 aromatic rings. The number of hydrogen-bond acceptors (Lipinski definition) is 4. The fraction of sp³-hybridized carbons (Fsp3) is 0.312. The average molecular weight is 332 g/mol. The molecule has 3 heterocycles. The van der Waals surface area contributed by atoms with Gasteiger partial charge < -0.3 is 10.2 Å². The van der Waals surface area contributed by atoms with E-state index in [-0.39, 0.29) is 6.03 Å². The first kappa shape index (κ1) is 15.6. The lowest BCUT2D eigenvalue weighted by Crippen LogP contribution is -2.36. The lowest BCUT2D eigenvalue weighted by Gasteiger charge is -2.25. The number of hydrogen-bond donors (Lipinski definition) is 1. The van der Waals surface area contributed by atoms with Crippen LogP contribution in [-0.4, -0.2) is 35.6 Å². The Morgan fingerprint density at radius 2 is 2.22 bits per heavy atom. The summed E-state index contributed by atoms with van der Waals surface area (Å²) in [6.07, 6.45) is 4.14. The highest BCUT2D eigenvalue weighted by atomic mass is 35.5. The number of urea groups is 1. The normalized spacial score (nSPS) is 14.2. The molecular weight excluding hydrogens is 314 g/mol. The molecule has 0 spiro atoms. The van der Waals surface area contributed by atoms with E-state index in [0.29, 0.717) is 23.2 Å². The molecule has 2 aromatic heterocycles. The number of nitrogens with one attached hydrogen (secondary N) is 1. The fourth-order valence-electron chi connectivity index (χ4n) is 2.66. The number of halogens is 1. The van der Waals surface area contributed by atoms with Crippen molar-refractivity contribution in [2.24, 2.45) is 0 Å². The molecule has 0 aromatic carbocycles. The van der Waals surface area contributed by atoms with E-state index in [1.165, 1.54) is 0 Å². The van der Waals surface area contributed by atoms with Gasteiger partial charge in [0.05, 0.1) is 17.6 Å². The van der Waals surface area contributed by atoms with Gasteiger partial charge in [-0.25, -0.2) is 9.78 Å². The molecule has 0 unspecified atom stereocenters. The maximum absolute atomic E-state index is 12.7. The molecule has 23 heavy (non-hydrogen) atoms. The number of aromatic nitrogens is 2. The summed E-state index contributed by atoms with van der Waals surface area (Å²) in [5.41, 5.74) is 1.58. The van der Waals surface area contributed by atoms with Crippen LogP contribution in [0, 0.1) is 0 Å². The number of carbonyl (C=O) groups excluding carboxylic acids is 1. The highest BCUT2D eigenvalue weighted by Crippen LogP contribution is 2.32. The zero-order chi connectivity index (χ0) is 16.2. The highest BCUT2D eigenvalue weighted by Gasteiger charge is 2.26. The minimum absolute atomic E-state index is 0.230. The summed E-state index contributed by atoms with van der Waals surface area (Å²) in [5.74, 6) is 0.596. The van der Waals surface area contributed by atoms with Crippen LogP contribution in [-0.2, 0) is 0 Å². The first-order valence-electron chi connectivity index (χ1n) is 7.59. The van der Waals surface area contributed by atoms with E-state index < -0.39 is 0 Å². The maximum Gasteiger partial charge on any atom is 0.327 e. The summed E-state index contributed by atoms with van der Waals surface area (Å²) in [6.45, 7) is 4.41. The van der Waals surface area contributed by atoms with Crippen molar-refractivity contribution in [3.05, 3.63) is 41.8 Å². The van der Waals surface area contributed by atoms with E-state index >= 15 is 0 Å². The molecule has 0 bridgehead atoms. The Labute approximate surface area is 140 Å². The Morgan fingerprint density at radius 3 is 2.96 bits per heavy atom. The number of anilines is 3. The van der Waals surface area contributed by atoms with E-state index in [2.05, 4.69) is 27.1 Å². The van der Waals surface area contributed by atoms with Crippen LogP contribution in [0.4, 0.5) is 22.0 Å². The van der Waals surface area contributed by atoms with Crippen molar-refractivity contribution in [1.82, 2.24) is 9.97 Å². The third-order valence-corrected chi connectivity index (χ3v) is 3.98. The monoisotopic (exact) mass is 331 g/mol. The van der Waals surface area contributed by atoms with Gasteiger partial charge in [0.15, 0.2) is 5.82 Å². The first-order chi connectivity index (χ1) is 11.2. The number of pyridine rings is 2. The number of fused-ring (bicyclic) bond motifs is 1. The minimum atomic E-state index is -0.230. The van der Waals surface area contributed by atoms with Gasteiger partial charge in [-0.1, -0.05) is 11.6 Å². The maximum atomic E-state index is 12.7. The second kappa shape index (κ2) is 6.83. The quantitative estimate of drug-likeness (QED) is 0.857. The van der Waals surface area contributed by atoms with Crippen LogP contribution >= 0.6 is 11.6 Å². The van der Waals surface area contributed by atoms with Gasteiger partial charge in [-0.2, -0.15) is 0 Å². The Balaban J connectivity index is 1.92. The molecule has 0 radical (unpaired) electrons. The van der Waals surface area contributed by atoms with Gasteiger partial charge in [-0.05, 0) is 37.6 Å². The van der Waals surface area contributed by atoms with Crippen LogP contribution < -0.4 is 15.1 Å². The van der Waals surface area contributed by atoms with E-state index in [1.807, 2.05) is 6.07 Å². The molecule has 120 valence electrons. The summed E-state index contributed by atoms with van der Waals surface area (Å²) >= 11 is 6.05. The van der Waals surface area contributed by atoms with Crippen LogP contribution in [0.1, 0.15) is 13.3 Å². The smallest absolute Gasteiger partial charge is 0.327 e. The van der Waals surface area contributed by atoms with Crippen LogP contribution in [0.3, 0.4) is 0 Å². The zero-order valence-corrected chi connectivity index (χ0v) is 13.6. The molecule has 0 saturated carbocycles. The van der Waals surface area contributed by atoms with Gasteiger partial charge in [0.25, 0.3) is 0 Å². The lowest BCUT2D eigenvalue weighted by atomic mass is 10.3. The largest absolute Gasteiger partial charge is 0.369 e. The van der Waals surface area contributed by atoms with Gasteiger partial charge in [0, 0.05) is 25.8 Å². The molecule has 1 aliphatic heterocycles. The third kappa shape index (κ3) is 3.37. The molecule has 1 aliphatic rings. The molecule has 0 fully saturated rings. The molecule has 0 saturated heterocycles. The molecule has 0 aliphatic carbocycles. The Hall–Kier alpha value is -2.34.